The Hall–Kier alpha value is -2.63. The standard InChI is InChI=1S/C20H14Cl2N2O3/c1-10-3-14-12(5-18(25)27-17(14)4-11(10)2)8-24-9-23-19-15(20(24)26)6-13(21)7-16(19)22/h3-7,9H,8H2,1-2H3. The van der Waals surface area contributed by atoms with Crippen LogP contribution >= 0.6 is 23.2 Å². The lowest BCUT2D eigenvalue weighted by molar-refractivity contribution is 0.557. The third kappa shape index (κ3) is 3.13. The molecule has 2 aromatic heterocycles. The molecule has 0 aliphatic rings. The third-order valence-electron chi connectivity index (χ3n) is 4.63. The Bertz CT molecular complexity index is 1340. The van der Waals surface area contributed by atoms with Gasteiger partial charge >= 0.3 is 5.63 Å². The van der Waals surface area contributed by atoms with Gasteiger partial charge in [0.1, 0.15) is 5.58 Å². The van der Waals surface area contributed by atoms with Crippen molar-refractivity contribution < 1.29 is 4.42 Å². The topological polar surface area (TPSA) is 65.1 Å². The maximum absolute atomic E-state index is 12.9. The van der Waals surface area contributed by atoms with E-state index in [4.69, 9.17) is 27.6 Å². The maximum atomic E-state index is 12.9. The van der Waals surface area contributed by atoms with Gasteiger partial charge in [-0.05, 0) is 54.8 Å². The Morgan fingerprint density at radius 1 is 1.00 bits per heavy atom. The minimum Gasteiger partial charge on any atom is -0.423 e. The van der Waals surface area contributed by atoms with E-state index in [9.17, 15) is 9.59 Å². The van der Waals surface area contributed by atoms with E-state index >= 15 is 0 Å². The van der Waals surface area contributed by atoms with Crippen molar-refractivity contribution in [3.63, 3.8) is 0 Å². The molecule has 0 spiro atoms. The number of benzene rings is 2. The van der Waals surface area contributed by atoms with E-state index in [0.29, 0.717) is 32.1 Å². The summed E-state index contributed by atoms with van der Waals surface area (Å²) in [5.74, 6) is 0. The van der Waals surface area contributed by atoms with Gasteiger partial charge in [0.25, 0.3) is 5.56 Å². The fraction of sp³-hybridized carbons (Fsp3) is 0.150. The summed E-state index contributed by atoms with van der Waals surface area (Å²) in [7, 11) is 0. The van der Waals surface area contributed by atoms with Gasteiger partial charge in [0.15, 0.2) is 0 Å². The Morgan fingerprint density at radius 3 is 2.52 bits per heavy atom. The van der Waals surface area contributed by atoms with Gasteiger partial charge < -0.3 is 4.42 Å². The van der Waals surface area contributed by atoms with Crippen LogP contribution in [0.25, 0.3) is 21.9 Å². The lowest BCUT2D eigenvalue weighted by atomic mass is 10.0. The molecule has 0 saturated carbocycles. The number of rotatable bonds is 2. The van der Waals surface area contributed by atoms with Crippen molar-refractivity contribution in [1.29, 1.82) is 0 Å². The van der Waals surface area contributed by atoms with Crippen LogP contribution in [0.3, 0.4) is 0 Å². The molecular formula is C20H14Cl2N2O3. The molecule has 0 aliphatic heterocycles. The predicted octanol–water partition coefficient (Wildman–Crippen LogP) is 4.47. The molecule has 5 nitrogen and oxygen atoms in total. The molecule has 0 bridgehead atoms. The van der Waals surface area contributed by atoms with Gasteiger partial charge in [-0.15, -0.1) is 0 Å². The van der Waals surface area contributed by atoms with E-state index in [1.165, 1.54) is 17.0 Å². The average molecular weight is 401 g/mol. The van der Waals surface area contributed by atoms with E-state index in [0.717, 1.165) is 16.5 Å². The van der Waals surface area contributed by atoms with Gasteiger partial charge in [0.05, 0.1) is 28.8 Å². The highest BCUT2D eigenvalue weighted by Gasteiger charge is 2.12. The lowest BCUT2D eigenvalue weighted by Crippen LogP contribution is -2.22. The summed E-state index contributed by atoms with van der Waals surface area (Å²) in [6, 6.07) is 8.27. The molecule has 7 heteroatoms. The number of fused-ring (bicyclic) bond motifs is 2. The third-order valence-corrected chi connectivity index (χ3v) is 5.14. The number of aromatic nitrogens is 2. The summed E-state index contributed by atoms with van der Waals surface area (Å²) < 4.78 is 6.74. The van der Waals surface area contributed by atoms with Crippen LogP contribution in [0.15, 0.2) is 50.7 Å². The molecule has 0 saturated heterocycles. The van der Waals surface area contributed by atoms with Crippen LogP contribution in [0.1, 0.15) is 16.7 Å². The molecule has 2 aromatic carbocycles. The largest absolute Gasteiger partial charge is 0.423 e. The van der Waals surface area contributed by atoms with Gasteiger partial charge in [-0.25, -0.2) is 9.78 Å². The van der Waals surface area contributed by atoms with Crippen molar-refractivity contribution in [2.45, 2.75) is 20.4 Å². The fourth-order valence-corrected chi connectivity index (χ4v) is 3.65. The number of hydrogen-bond acceptors (Lipinski definition) is 4. The monoisotopic (exact) mass is 400 g/mol. The molecule has 0 aliphatic carbocycles. The molecule has 136 valence electrons. The quantitative estimate of drug-likeness (QED) is 0.465. The van der Waals surface area contributed by atoms with E-state index in [-0.39, 0.29) is 12.1 Å². The smallest absolute Gasteiger partial charge is 0.336 e. The minimum atomic E-state index is -0.464. The highest BCUT2D eigenvalue weighted by molar-refractivity contribution is 6.38. The molecular weight excluding hydrogens is 387 g/mol. The summed E-state index contributed by atoms with van der Waals surface area (Å²) >= 11 is 12.2. The summed E-state index contributed by atoms with van der Waals surface area (Å²) in [6.07, 6.45) is 1.42. The zero-order chi connectivity index (χ0) is 19.3. The van der Waals surface area contributed by atoms with E-state index in [2.05, 4.69) is 4.98 Å². The van der Waals surface area contributed by atoms with E-state index in [1.54, 1.807) is 12.1 Å². The highest BCUT2D eigenvalue weighted by Crippen LogP contribution is 2.25. The van der Waals surface area contributed by atoms with Crippen LogP contribution in [0.2, 0.25) is 10.0 Å². The highest BCUT2D eigenvalue weighted by atomic mass is 35.5. The van der Waals surface area contributed by atoms with Crippen molar-refractivity contribution in [3.05, 3.63) is 84.2 Å². The van der Waals surface area contributed by atoms with Gasteiger partial charge in [0.2, 0.25) is 0 Å². The molecule has 2 heterocycles. The second-order valence-corrected chi connectivity index (χ2v) is 7.33. The average Bonchev–Trinajstić information content (AvgIpc) is 2.59. The van der Waals surface area contributed by atoms with E-state index in [1.807, 2.05) is 26.0 Å². The minimum absolute atomic E-state index is 0.177. The van der Waals surface area contributed by atoms with Crippen LogP contribution in [-0.4, -0.2) is 9.55 Å². The molecule has 0 unspecified atom stereocenters. The Balaban J connectivity index is 1.92. The summed E-state index contributed by atoms with van der Waals surface area (Å²) in [6.45, 7) is 4.11. The summed E-state index contributed by atoms with van der Waals surface area (Å²) in [5.41, 5.74) is 2.92. The Morgan fingerprint density at radius 2 is 1.74 bits per heavy atom. The van der Waals surface area contributed by atoms with Crippen molar-refractivity contribution in [2.75, 3.05) is 0 Å². The second-order valence-electron chi connectivity index (χ2n) is 6.48. The first kappa shape index (κ1) is 17.8. The fourth-order valence-electron chi connectivity index (χ4n) is 3.10. The zero-order valence-electron chi connectivity index (χ0n) is 14.5. The lowest BCUT2D eigenvalue weighted by Gasteiger charge is -2.11. The predicted molar refractivity (Wildman–Crippen MR) is 107 cm³/mol. The van der Waals surface area contributed by atoms with Crippen LogP contribution < -0.4 is 11.2 Å². The van der Waals surface area contributed by atoms with Gasteiger partial charge in [-0.2, -0.15) is 0 Å². The van der Waals surface area contributed by atoms with Crippen LogP contribution in [0.5, 0.6) is 0 Å². The first-order valence-electron chi connectivity index (χ1n) is 8.21. The summed E-state index contributed by atoms with van der Waals surface area (Å²) in [5, 5.41) is 1.79. The van der Waals surface area contributed by atoms with Crippen molar-refractivity contribution >= 4 is 45.1 Å². The van der Waals surface area contributed by atoms with Crippen LogP contribution in [0.4, 0.5) is 0 Å². The normalized spacial score (nSPS) is 11.4. The number of hydrogen-bond donors (Lipinski definition) is 0. The van der Waals surface area contributed by atoms with Crippen LogP contribution in [0, 0.1) is 13.8 Å². The van der Waals surface area contributed by atoms with Crippen molar-refractivity contribution in [2.24, 2.45) is 0 Å². The maximum Gasteiger partial charge on any atom is 0.336 e. The second kappa shape index (κ2) is 6.51. The molecule has 27 heavy (non-hydrogen) atoms. The van der Waals surface area contributed by atoms with Gasteiger partial charge in [-0.1, -0.05) is 23.2 Å². The van der Waals surface area contributed by atoms with E-state index < -0.39 is 5.63 Å². The zero-order valence-corrected chi connectivity index (χ0v) is 16.1. The van der Waals surface area contributed by atoms with Gasteiger partial charge in [-0.3, -0.25) is 9.36 Å². The van der Waals surface area contributed by atoms with Crippen molar-refractivity contribution in [3.8, 4) is 0 Å². The number of nitrogens with zero attached hydrogens (tertiary/aromatic N) is 2. The molecule has 0 fully saturated rings. The molecule has 0 atom stereocenters. The first-order valence-corrected chi connectivity index (χ1v) is 8.97. The number of halogens is 2. The van der Waals surface area contributed by atoms with Gasteiger partial charge in [0, 0.05) is 16.5 Å². The van der Waals surface area contributed by atoms with Crippen LogP contribution in [-0.2, 0) is 6.54 Å². The molecule has 0 radical (unpaired) electrons. The SMILES string of the molecule is Cc1cc2oc(=O)cc(Cn3cnc4c(Cl)cc(Cl)cc4c3=O)c2cc1C. The molecule has 0 N–H and O–H groups in total. The molecule has 4 aromatic rings. The number of aryl methyl sites for hydroxylation is 2. The van der Waals surface area contributed by atoms with Crippen molar-refractivity contribution in [1.82, 2.24) is 9.55 Å². The molecule has 0 amide bonds. The first-order chi connectivity index (χ1) is 12.8. The molecule has 4 rings (SSSR count). The Labute approximate surface area is 163 Å². The summed E-state index contributed by atoms with van der Waals surface area (Å²) in [4.78, 5) is 29.1. The Kier molecular flexibility index (Phi) is 4.29.